The van der Waals surface area contributed by atoms with Gasteiger partial charge >= 0.3 is 24.1 Å². The Morgan fingerprint density at radius 2 is 1.02 bits per heavy atom. The van der Waals surface area contributed by atoms with Crippen molar-refractivity contribution in [2.75, 3.05) is 39.3 Å². The SMILES string of the molecule is CC(C)(C)OC(=O)N(CCNC(=S)c1csc(-c2cc(C(=O)O)ccc2O)n1)CCN(CCNC(=S)c1csc(-c2cc(C(=O)O)ccc2O)n1)C(=O)OC(C)(C)C. The van der Waals surface area contributed by atoms with Gasteiger partial charge in [0.05, 0.1) is 22.3 Å². The number of carboxylic acid groups (broad SMARTS) is 2. The van der Waals surface area contributed by atoms with Crippen molar-refractivity contribution >= 4 is 81.2 Å². The molecule has 2 aromatic carbocycles. The summed E-state index contributed by atoms with van der Waals surface area (Å²) in [5.74, 6) is -2.55. The first-order chi connectivity index (χ1) is 27.1. The van der Waals surface area contributed by atoms with Crippen LogP contribution in [0.2, 0.25) is 0 Å². The number of hydrogen-bond acceptors (Lipinski definition) is 14. The van der Waals surface area contributed by atoms with Crippen LogP contribution in [0, 0.1) is 0 Å². The minimum atomic E-state index is -1.14. The molecular formula is C38H44N6O10S4. The number of benzene rings is 2. The highest BCUT2D eigenvalue weighted by Crippen LogP contribution is 2.34. The number of amides is 2. The lowest BCUT2D eigenvalue weighted by Gasteiger charge is -2.31. The van der Waals surface area contributed by atoms with E-state index in [2.05, 4.69) is 20.6 Å². The molecule has 0 bridgehead atoms. The Bertz CT molecular complexity index is 2020. The third-order valence-electron chi connectivity index (χ3n) is 7.70. The van der Waals surface area contributed by atoms with Crippen molar-refractivity contribution in [2.24, 2.45) is 0 Å². The average Bonchev–Trinajstić information content (AvgIpc) is 3.82. The topological polar surface area (TPSA) is 224 Å². The lowest BCUT2D eigenvalue weighted by molar-refractivity contribution is 0.0140. The first-order valence-corrected chi connectivity index (χ1v) is 20.3. The summed E-state index contributed by atoms with van der Waals surface area (Å²) in [5, 5.41) is 49.6. The quantitative estimate of drug-likeness (QED) is 0.0707. The summed E-state index contributed by atoms with van der Waals surface area (Å²) in [6.07, 6.45) is -1.24. The van der Waals surface area contributed by atoms with E-state index < -0.39 is 35.3 Å². The number of phenols is 2. The summed E-state index contributed by atoms with van der Waals surface area (Å²) in [7, 11) is 0. The van der Waals surface area contributed by atoms with E-state index in [1.165, 1.54) is 68.9 Å². The van der Waals surface area contributed by atoms with Crippen LogP contribution in [0.5, 0.6) is 11.5 Å². The zero-order chi connectivity index (χ0) is 42.9. The number of ether oxygens (including phenoxy) is 2. The fourth-order valence-corrected chi connectivity index (χ4v) is 7.19. The van der Waals surface area contributed by atoms with Crippen LogP contribution >= 0.6 is 47.1 Å². The Morgan fingerprint density at radius 1 is 0.655 bits per heavy atom. The number of hydrogen-bond donors (Lipinski definition) is 6. The van der Waals surface area contributed by atoms with Crippen LogP contribution in [0.15, 0.2) is 47.2 Å². The van der Waals surface area contributed by atoms with E-state index in [1.54, 1.807) is 52.3 Å². The second-order valence-corrected chi connectivity index (χ2v) is 17.1. The fraction of sp³-hybridized carbons (Fsp3) is 0.368. The van der Waals surface area contributed by atoms with E-state index in [9.17, 15) is 39.6 Å². The zero-order valence-corrected chi connectivity index (χ0v) is 35.8. The molecule has 0 fully saturated rings. The number of thiazole rings is 2. The first kappa shape index (κ1) is 45.3. The second-order valence-electron chi connectivity index (χ2n) is 14.6. The van der Waals surface area contributed by atoms with Crippen LogP contribution in [0.1, 0.15) is 73.6 Å². The molecule has 58 heavy (non-hydrogen) atoms. The average molecular weight is 873 g/mol. The second kappa shape index (κ2) is 19.3. The maximum absolute atomic E-state index is 13.4. The van der Waals surface area contributed by atoms with Crippen LogP contribution in [-0.4, -0.2) is 125 Å². The normalized spacial score (nSPS) is 11.3. The molecule has 0 atom stereocenters. The third-order valence-corrected chi connectivity index (χ3v) is 10.2. The number of thiocarbonyl (C=S) groups is 2. The van der Waals surface area contributed by atoms with Gasteiger partial charge in [-0.25, -0.2) is 29.1 Å². The van der Waals surface area contributed by atoms with Crippen molar-refractivity contribution in [3.63, 3.8) is 0 Å². The van der Waals surface area contributed by atoms with Gasteiger partial charge in [-0.15, -0.1) is 22.7 Å². The minimum Gasteiger partial charge on any atom is -0.507 e. The summed E-state index contributed by atoms with van der Waals surface area (Å²) in [6, 6.07) is 7.82. The highest BCUT2D eigenvalue weighted by atomic mass is 32.1. The van der Waals surface area contributed by atoms with E-state index in [4.69, 9.17) is 33.9 Å². The van der Waals surface area contributed by atoms with Crippen molar-refractivity contribution in [1.82, 2.24) is 30.4 Å². The van der Waals surface area contributed by atoms with Gasteiger partial charge < -0.3 is 50.3 Å². The number of carboxylic acids is 2. The Morgan fingerprint density at radius 3 is 1.34 bits per heavy atom. The molecule has 4 rings (SSSR count). The van der Waals surface area contributed by atoms with E-state index in [0.717, 1.165) is 0 Å². The van der Waals surface area contributed by atoms with Gasteiger partial charge in [-0.05, 0) is 77.9 Å². The third kappa shape index (κ3) is 13.0. The van der Waals surface area contributed by atoms with E-state index >= 15 is 0 Å². The Hall–Kier alpha value is -5.44. The molecule has 0 spiro atoms. The molecule has 2 amide bonds. The van der Waals surface area contributed by atoms with Gasteiger partial charge in [0.2, 0.25) is 0 Å². The van der Waals surface area contributed by atoms with Crippen LogP contribution in [0.4, 0.5) is 9.59 Å². The van der Waals surface area contributed by atoms with Crippen molar-refractivity contribution in [2.45, 2.75) is 52.7 Å². The van der Waals surface area contributed by atoms with E-state index in [0.29, 0.717) is 21.4 Å². The van der Waals surface area contributed by atoms with Crippen molar-refractivity contribution in [1.29, 1.82) is 0 Å². The van der Waals surface area contributed by atoms with Gasteiger partial charge in [0, 0.05) is 50.0 Å². The van der Waals surface area contributed by atoms with Crippen molar-refractivity contribution < 1.29 is 49.1 Å². The summed E-state index contributed by atoms with van der Waals surface area (Å²) < 4.78 is 11.3. The molecule has 0 radical (unpaired) electrons. The Balaban J connectivity index is 1.41. The minimum absolute atomic E-state index is 0.00607. The zero-order valence-electron chi connectivity index (χ0n) is 32.5. The number of carbonyl (C=O) groups is 4. The van der Waals surface area contributed by atoms with Gasteiger partial charge in [-0.2, -0.15) is 0 Å². The van der Waals surface area contributed by atoms with Crippen molar-refractivity contribution in [3.8, 4) is 32.6 Å². The van der Waals surface area contributed by atoms with E-state index in [1.807, 2.05) is 0 Å². The summed E-state index contributed by atoms with van der Waals surface area (Å²) >= 11 is 13.4. The van der Waals surface area contributed by atoms with Crippen LogP contribution in [-0.2, 0) is 9.47 Å². The Kier molecular flexibility index (Phi) is 15.1. The molecule has 310 valence electrons. The molecule has 4 aromatic rings. The highest BCUT2D eigenvalue weighted by Gasteiger charge is 2.26. The van der Waals surface area contributed by atoms with Crippen LogP contribution in [0.3, 0.4) is 0 Å². The highest BCUT2D eigenvalue weighted by molar-refractivity contribution is 7.81. The van der Waals surface area contributed by atoms with Gasteiger partial charge in [-0.1, -0.05) is 24.4 Å². The summed E-state index contributed by atoms with van der Waals surface area (Å²) in [6.45, 7) is 11.2. The lowest BCUT2D eigenvalue weighted by Crippen LogP contribution is -2.48. The monoisotopic (exact) mass is 872 g/mol. The predicted octanol–water partition coefficient (Wildman–Crippen LogP) is 6.45. The molecule has 0 aliphatic heterocycles. The van der Waals surface area contributed by atoms with Crippen LogP contribution in [0.25, 0.3) is 21.1 Å². The predicted molar refractivity (Wildman–Crippen MR) is 227 cm³/mol. The number of aromatic hydroxyl groups is 2. The number of phenolic OH excluding ortho intramolecular Hbond substituents is 2. The standard InChI is InChI=1S/C38H44N6O10S4/c1-37(2,3)53-35(51)43(13-11-39-29(55)25-19-57-31(41-25)23-17-21(33(47)48)7-9-27(23)45)15-16-44(36(52)54-38(4,5)6)14-12-40-30(56)26-20-58-32(42-26)24-18-22(34(49)50)8-10-28(24)46/h7-10,17-20,45-46H,11-16H2,1-6H3,(H,39,55)(H,40,56)(H,47,48)(H,49,50). The van der Waals surface area contributed by atoms with Gasteiger partial charge in [-0.3, -0.25) is 0 Å². The molecule has 2 heterocycles. The lowest BCUT2D eigenvalue weighted by atomic mass is 10.1. The van der Waals surface area contributed by atoms with Crippen LogP contribution < -0.4 is 10.6 Å². The van der Waals surface area contributed by atoms with Gasteiger partial charge in [0.1, 0.15) is 54.1 Å². The fourth-order valence-electron chi connectivity index (χ4n) is 4.96. The number of aromatic carboxylic acids is 2. The molecule has 6 N–H and O–H groups in total. The first-order valence-electron chi connectivity index (χ1n) is 17.7. The number of nitrogens with one attached hydrogen (secondary N) is 2. The number of aromatic nitrogens is 2. The summed E-state index contributed by atoms with van der Waals surface area (Å²) in [4.78, 5) is 62.0. The molecule has 0 aliphatic carbocycles. The smallest absolute Gasteiger partial charge is 0.410 e. The van der Waals surface area contributed by atoms with Gasteiger partial charge in [0.15, 0.2) is 0 Å². The molecule has 20 heteroatoms. The molecule has 2 aromatic heterocycles. The number of rotatable bonds is 15. The maximum atomic E-state index is 13.4. The molecule has 0 saturated carbocycles. The maximum Gasteiger partial charge on any atom is 0.410 e. The van der Waals surface area contributed by atoms with Gasteiger partial charge in [0.25, 0.3) is 0 Å². The molecule has 0 unspecified atom stereocenters. The number of carbonyl (C=O) groups excluding carboxylic acids is 2. The Labute approximate surface area is 353 Å². The largest absolute Gasteiger partial charge is 0.507 e. The van der Waals surface area contributed by atoms with Crippen molar-refractivity contribution in [3.05, 3.63) is 69.7 Å². The van der Waals surface area contributed by atoms with E-state index in [-0.39, 0.29) is 83.0 Å². The molecular weight excluding hydrogens is 829 g/mol. The summed E-state index contributed by atoms with van der Waals surface area (Å²) in [5.41, 5.74) is -0.352. The molecule has 0 aliphatic rings. The number of nitrogens with zero attached hydrogens (tertiary/aromatic N) is 4. The molecule has 0 saturated heterocycles. The molecule has 16 nitrogen and oxygen atoms in total.